The maximum absolute atomic E-state index is 12.1. The molecule has 0 saturated carbocycles. The number of aromatic amines is 1. The third-order valence-corrected chi connectivity index (χ3v) is 2.94. The van der Waals surface area contributed by atoms with Crippen LogP contribution < -0.4 is 5.32 Å². The number of H-pyrrole nitrogens is 1. The highest BCUT2D eigenvalue weighted by Gasteiger charge is 2.12. The van der Waals surface area contributed by atoms with Crippen molar-refractivity contribution >= 4 is 11.7 Å². The van der Waals surface area contributed by atoms with Gasteiger partial charge < -0.3 is 10.4 Å². The number of anilines is 1. The van der Waals surface area contributed by atoms with Crippen molar-refractivity contribution < 1.29 is 9.90 Å². The number of phenolic OH excluding ortho intramolecular Hbond substituents is 1. The van der Waals surface area contributed by atoms with Crippen LogP contribution in [0.15, 0.2) is 24.3 Å². The first-order valence-electron chi connectivity index (χ1n) is 6.26. The molecule has 1 aromatic carbocycles. The summed E-state index contributed by atoms with van der Waals surface area (Å²) in [5.41, 5.74) is 2.00. The minimum absolute atomic E-state index is 0.112. The summed E-state index contributed by atoms with van der Waals surface area (Å²) in [5.74, 6) is 0.334. The fourth-order valence-corrected chi connectivity index (χ4v) is 1.88. The van der Waals surface area contributed by atoms with Crippen LogP contribution in [0.2, 0.25) is 0 Å². The summed E-state index contributed by atoms with van der Waals surface area (Å²) in [7, 11) is 0. The normalized spacial score (nSPS) is 10.4. The second-order valence-corrected chi connectivity index (χ2v) is 4.43. The molecule has 2 rings (SSSR count). The number of hydrogen-bond donors (Lipinski definition) is 3. The van der Waals surface area contributed by atoms with E-state index in [1.165, 1.54) is 0 Å². The Morgan fingerprint density at radius 2 is 2.26 bits per heavy atom. The SMILES string of the molecule is CCCc1cc(NC(=O)c2cccc(O)c2C)n[nH]1. The summed E-state index contributed by atoms with van der Waals surface area (Å²) in [6, 6.07) is 6.69. The van der Waals surface area contributed by atoms with Crippen LogP contribution in [-0.4, -0.2) is 21.2 Å². The standard InChI is InChI=1S/C14H17N3O2/c1-3-5-10-8-13(17-16-10)15-14(19)11-6-4-7-12(18)9(11)2/h4,6-8,18H,3,5H2,1-2H3,(H2,15,16,17,19). The van der Waals surface area contributed by atoms with Crippen LogP contribution in [0.4, 0.5) is 5.82 Å². The fourth-order valence-electron chi connectivity index (χ4n) is 1.88. The number of amides is 1. The van der Waals surface area contributed by atoms with Gasteiger partial charge in [0.1, 0.15) is 5.75 Å². The van der Waals surface area contributed by atoms with Gasteiger partial charge in [0.05, 0.1) is 0 Å². The summed E-state index contributed by atoms with van der Waals surface area (Å²) >= 11 is 0. The van der Waals surface area contributed by atoms with E-state index in [4.69, 9.17) is 0 Å². The topological polar surface area (TPSA) is 78.0 Å². The Morgan fingerprint density at radius 3 is 3.00 bits per heavy atom. The molecule has 100 valence electrons. The van der Waals surface area contributed by atoms with Crippen molar-refractivity contribution in [2.24, 2.45) is 0 Å². The first-order chi connectivity index (χ1) is 9.11. The smallest absolute Gasteiger partial charge is 0.257 e. The quantitative estimate of drug-likeness (QED) is 0.789. The largest absolute Gasteiger partial charge is 0.508 e. The van der Waals surface area contributed by atoms with Crippen molar-refractivity contribution in [1.82, 2.24) is 10.2 Å². The number of carbonyl (C=O) groups is 1. The zero-order chi connectivity index (χ0) is 13.8. The Hall–Kier alpha value is -2.30. The van der Waals surface area contributed by atoms with E-state index < -0.39 is 0 Å². The summed E-state index contributed by atoms with van der Waals surface area (Å²) < 4.78 is 0. The van der Waals surface area contributed by atoms with Gasteiger partial charge in [-0.05, 0) is 25.5 Å². The van der Waals surface area contributed by atoms with E-state index in [-0.39, 0.29) is 11.7 Å². The highest BCUT2D eigenvalue weighted by atomic mass is 16.3. The van der Waals surface area contributed by atoms with Crippen molar-refractivity contribution in [3.05, 3.63) is 41.1 Å². The molecule has 0 atom stereocenters. The molecular weight excluding hydrogens is 242 g/mol. The highest BCUT2D eigenvalue weighted by molar-refractivity contribution is 6.05. The van der Waals surface area contributed by atoms with Crippen LogP contribution in [-0.2, 0) is 6.42 Å². The molecule has 2 aromatic rings. The molecular formula is C14H17N3O2. The van der Waals surface area contributed by atoms with E-state index in [1.807, 2.05) is 6.07 Å². The molecule has 0 aliphatic carbocycles. The lowest BCUT2D eigenvalue weighted by Gasteiger charge is -2.06. The van der Waals surface area contributed by atoms with Gasteiger partial charge in [-0.2, -0.15) is 5.10 Å². The average Bonchev–Trinajstić information content (AvgIpc) is 2.80. The van der Waals surface area contributed by atoms with E-state index in [9.17, 15) is 9.90 Å². The number of rotatable bonds is 4. The van der Waals surface area contributed by atoms with Crippen molar-refractivity contribution in [3.8, 4) is 5.75 Å². The maximum atomic E-state index is 12.1. The van der Waals surface area contributed by atoms with Gasteiger partial charge in [0.15, 0.2) is 5.82 Å². The zero-order valence-corrected chi connectivity index (χ0v) is 11.0. The number of aromatic hydroxyl groups is 1. The molecule has 0 unspecified atom stereocenters. The van der Waals surface area contributed by atoms with E-state index in [2.05, 4.69) is 22.4 Å². The van der Waals surface area contributed by atoms with Crippen LogP contribution in [0.5, 0.6) is 5.75 Å². The zero-order valence-electron chi connectivity index (χ0n) is 11.0. The maximum Gasteiger partial charge on any atom is 0.257 e. The monoisotopic (exact) mass is 259 g/mol. The summed E-state index contributed by atoms with van der Waals surface area (Å²) in [6.45, 7) is 3.78. The first kappa shape index (κ1) is 13.1. The predicted molar refractivity (Wildman–Crippen MR) is 73.4 cm³/mol. The number of aromatic nitrogens is 2. The molecule has 0 spiro atoms. The van der Waals surface area contributed by atoms with E-state index in [1.54, 1.807) is 25.1 Å². The Morgan fingerprint density at radius 1 is 1.47 bits per heavy atom. The molecule has 1 aromatic heterocycles. The van der Waals surface area contributed by atoms with Crippen LogP contribution in [0.1, 0.15) is 35.0 Å². The molecule has 1 heterocycles. The second kappa shape index (κ2) is 5.56. The minimum Gasteiger partial charge on any atom is -0.508 e. The number of carbonyl (C=O) groups excluding carboxylic acids is 1. The fraction of sp³-hybridized carbons (Fsp3) is 0.286. The van der Waals surface area contributed by atoms with Gasteiger partial charge in [0.2, 0.25) is 0 Å². The molecule has 0 aliphatic rings. The molecule has 3 N–H and O–H groups in total. The molecule has 0 saturated heterocycles. The van der Waals surface area contributed by atoms with Gasteiger partial charge in [-0.15, -0.1) is 0 Å². The highest BCUT2D eigenvalue weighted by Crippen LogP contribution is 2.20. The minimum atomic E-state index is -0.275. The van der Waals surface area contributed by atoms with Gasteiger partial charge >= 0.3 is 0 Å². The van der Waals surface area contributed by atoms with Crippen LogP contribution in [0, 0.1) is 6.92 Å². The number of nitrogens with zero attached hydrogens (tertiary/aromatic N) is 1. The van der Waals surface area contributed by atoms with Gasteiger partial charge in [-0.3, -0.25) is 9.89 Å². The molecule has 19 heavy (non-hydrogen) atoms. The van der Waals surface area contributed by atoms with E-state index in [0.717, 1.165) is 18.5 Å². The number of hydrogen-bond acceptors (Lipinski definition) is 3. The number of aryl methyl sites for hydroxylation is 1. The van der Waals surface area contributed by atoms with Crippen LogP contribution in [0.3, 0.4) is 0 Å². The van der Waals surface area contributed by atoms with Crippen molar-refractivity contribution in [2.45, 2.75) is 26.7 Å². The molecule has 0 bridgehead atoms. The predicted octanol–water partition coefficient (Wildman–Crippen LogP) is 2.63. The first-order valence-corrected chi connectivity index (χ1v) is 6.26. The summed E-state index contributed by atoms with van der Waals surface area (Å²) in [5, 5.41) is 19.2. The van der Waals surface area contributed by atoms with Crippen molar-refractivity contribution in [3.63, 3.8) is 0 Å². The lowest BCUT2D eigenvalue weighted by Crippen LogP contribution is -2.13. The molecule has 0 fully saturated rings. The number of benzene rings is 1. The number of phenols is 1. The van der Waals surface area contributed by atoms with E-state index in [0.29, 0.717) is 16.9 Å². The Labute approximate surface area is 111 Å². The lowest BCUT2D eigenvalue weighted by molar-refractivity contribution is 0.102. The third-order valence-electron chi connectivity index (χ3n) is 2.94. The summed E-state index contributed by atoms with van der Waals surface area (Å²) in [4.78, 5) is 12.1. The van der Waals surface area contributed by atoms with Crippen molar-refractivity contribution in [1.29, 1.82) is 0 Å². The molecule has 5 nitrogen and oxygen atoms in total. The molecule has 0 aliphatic heterocycles. The molecule has 1 amide bonds. The van der Waals surface area contributed by atoms with Gasteiger partial charge in [-0.1, -0.05) is 19.4 Å². The van der Waals surface area contributed by atoms with Crippen molar-refractivity contribution in [2.75, 3.05) is 5.32 Å². The Bertz CT molecular complexity index is 590. The third kappa shape index (κ3) is 2.93. The van der Waals surface area contributed by atoms with Gasteiger partial charge in [-0.25, -0.2) is 0 Å². The average molecular weight is 259 g/mol. The van der Waals surface area contributed by atoms with Crippen LogP contribution in [0.25, 0.3) is 0 Å². The molecule has 5 heteroatoms. The van der Waals surface area contributed by atoms with Gasteiger partial charge in [0, 0.05) is 22.9 Å². The number of nitrogens with one attached hydrogen (secondary N) is 2. The Kier molecular flexibility index (Phi) is 3.85. The Balaban J connectivity index is 2.14. The van der Waals surface area contributed by atoms with Gasteiger partial charge in [0.25, 0.3) is 5.91 Å². The lowest BCUT2D eigenvalue weighted by atomic mass is 10.1. The second-order valence-electron chi connectivity index (χ2n) is 4.43. The van der Waals surface area contributed by atoms with E-state index >= 15 is 0 Å². The molecule has 0 radical (unpaired) electrons. The summed E-state index contributed by atoms with van der Waals surface area (Å²) in [6.07, 6.45) is 1.91. The van der Waals surface area contributed by atoms with Crippen LogP contribution >= 0.6 is 0 Å².